The lowest BCUT2D eigenvalue weighted by molar-refractivity contribution is -0.384. The van der Waals surface area contributed by atoms with Crippen molar-refractivity contribution in [3.05, 3.63) is 51.3 Å². The van der Waals surface area contributed by atoms with Gasteiger partial charge in [-0.05, 0) is 12.5 Å². The quantitative estimate of drug-likeness (QED) is 0.591. The fraction of sp³-hybridized carbons (Fsp3) is 0.267. The summed E-state index contributed by atoms with van der Waals surface area (Å²) in [5, 5.41) is 29.7. The molecule has 1 amide bonds. The van der Waals surface area contributed by atoms with Gasteiger partial charge in [0.05, 0.1) is 23.0 Å². The maximum Gasteiger partial charge on any atom is 0.305 e. The van der Waals surface area contributed by atoms with Gasteiger partial charge in [-0.15, -0.1) is 0 Å². The molecule has 1 heterocycles. The molecule has 0 spiro atoms. The minimum atomic E-state index is -1.16. The second-order valence-electron chi connectivity index (χ2n) is 5.22. The molecule has 1 aliphatic rings. The Morgan fingerprint density at radius 3 is 2.58 bits per heavy atom. The van der Waals surface area contributed by atoms with Crippen molar-refractivity contribution in [2.24, 2.45) is 0 Å². The van der Waals surface area contributed by atoms with Crippen molar-refractivity contribution in [2.45, 2.75) is 19.4 Å². The number of aliphatic hydroxyl groups is 1. The summed E-state index contributed by atoms with van der Waals surface area (Å²) >= 11 is 0. The van der Waals surface area contributed by atoms with Crippen LogP contribution in [0.3, 0.4) is 0 Å². The molecule has 1 atom stereocenters. The smallest absolute Gasteiger partial charge is 0.305 e. The molecule has 0 saturated heterocycles. The van der Waals surface area contributed by atoms with E-state index in [0.717, 1.165) is 11.8 Å². The molecule has 9 heteroatoms. The number of nitro benzene ring substituents is 1. The number of benzene rings is 1. The summed E-state index contributed by atoms with van der Waals surface area (Å²) in [6, 6.07) is 4.24. The van der Waals surface area contributed by atoms with Gasteiger partial charge in [-0.25, -0.2) is 0 Å². The zero-order valence-electron chi connectivity index (χ0n) is 12.6. The Kier molecular flexibility index (Phi) is 4.63. The normalized spacial score (nSPS) is 17.3. The largest absolute Gasteiger partial charge is 0.503 e. The predicted molar refractivity (Wildman–Crippen MR) is 80.1 cm³/mol. The minimum absolute atomic E-state index is 0.203. The average molecular weight is 334 g/mol. The highest BCUT2D eigenvalue weighted by Gasteiger charge is 2.42. The summed E-state index contributed by atoms with van der Waals surface area (Å²) in [6.07, 6.45) is -0.393. The summed E-state index contributed by atoms with van der Waals surface area (Å²) < 4.78 is 0. The molecule has 9 nitrogen and oxygen atoms in total. The van der Waals surface area contributed by atoms with E-state index < -0.39 is 40.8 Å². The number of Topliss-reactive ketones (excluding diaryl/α,β-unsaturated/α-hetero) is 1. The number of aliphatic carboxylic acids is 1. The summed E-state index contributed by atoms with van der Waals surface area (Å²) in [6.45, 7) is 0.909. The van der Waals surface area contributed by atoms with E-state index in [1.54, 1.807) is 0 Å². The average Bonchev–Trinajstić information content (AvgIpc) is 2.77. The zero-order chi connectivity index (χ0) is 18.0. The highest BCUT2D eigenvalue weighted by molar-refractivity contribution is 6.08. The van der Waals surface area contributed by atoms with Crippen molar-refractivity contribution in [3.63, 3.8) is 0 Å². The summed E-state index contributed by atoms with van der Waals surface area (Å²) in [7, 11) is 0. The predicted octanol–water partition coefficient (Wildman–Crippen LogP) is 1.35. The lowest BCUT2D eigenvalue weighted by Crippen LogP contribution is -2.33. The number of aliphatic hydroxyl groups excluding tert-OH is 1. The SMILES string of the molecule is CC(=O)C1=C(O)C(=O)N(CCC(=O)O)C1c1cccc([N+](=O)[O-])c1. The van der Waals surface area contributed by atoms with Gasteiger partial charge < -0.3 is 15.1 Å². The Labute approximate surface area is 136 Å². The molecule has 1 aromatic carbocycles. The molecular formula is C15H14N2O7. The van der Waals surface area contributed by atoms with Gasteiger partial charge in [-0.3, -0.25) is 24.5 Å². The van der Waals surface area contributed by atoms with Crippen molar-refractivity contribution < 1.29 is 29.5 Å². The third kappa shape index (κ3) is 3.09. The lowest BCUT2D eigenvalue weighted by Gasteiger charge is -2.25. The number of hydrogen-bond acceptors (Lipinski definition) is 6. The molecule has 24 heavy (non-hydrogen) atoms. The monoisotopic (exact) mass is 334 g/mol. The maximum atomic E-state index is 12.2. The van der Waals surface area contributed by atoms with Gasteiger partial charge in [-0.2, -0.15) is 0 Å². The molecule has 1 aliphatic heterocycles. The zero-order valence-corrected chi connectivity index (χ0v) is 12.6. The molecule has 2 N–H and O–H groups in total. The molecule has 0 fully saturated rings. The highest BCUT2D eigenvalue weighted by atomic mass is 16.6. The van der Waals surface area contributed by atoms with E-state index in [9.17, 15) is 29.6 Å². The van der Waals surface area contributed by atoms with Crippen LogP contribution in [-0.2, 0) is 14.4 Å². The molecule has 1 unspecified atom stereocenters. The molecule has 1 aromatic rings. The number of nitro groups is 1. The Morgan fingerprint density at radius 1 is 1.38 bits per heavy atom. The van der Waals surface area contributed by atoms with Crippen LogP contribution in [0.4, 0.5) is 5.69 Å². The van der Waals surface area contributed by atoms with Crippen LogP contribution in [0.5, 0.6) is 0 Å². The van der Waals surface area contributed by atoms with E-state index in [1.807, 2.05) is 0 Å². The van der Waals surface area contributed by atoms with Crippen molar-refractivity contribution in [1.29, 1.82) is 0 Å². The number of rotatable bonds is 6. The molecule has 0 radical (unpaired) electrons. The second kappa shape index (κ2) is 6.49. The minimum Gasteiger partial charge on any atom is -0.503 e. The number of hydrogen-bond donors (Lipinski definition) is 2. The summed E-state index contributed by atoms with van der Waals surface area (Å²) in [4.78, 5) is 46.1. The Morgan fingerprint density at radius 2 is 2.04 bits per heavy atom. The van der Waals surface area contributed by atoms with E-state index in [1.165, 1.54) is 24.3 Å². The first-order valence-electron chi connectivity index (χ1n) is 6.95. The number of non-ortho nitro benzene ring substituents is 1. The number of ketones is 1. The molecule has 2 rings (SSSR count). The highest BCUT2D eigenvalue weighted by Crippen LogP contribution is 2.38. The molecule has 0 aromatic heterocycles. The fourth-order valence-electron chi connectivity index (χ4n) is 2.61. The standard InChI is InChI=1S/C15H14N2O7/c1-8(18)12-13(9-3-2-4-10(7-9)17(23)24)16(6-5-11(19)20)15(22)14(12)21/h2-4,7,13,21H,5-6H2,1H3,(H,19,20). The fourth-order valence-corrected chi connectivity index (χ4v) is 2.61. The second-order valence-corrected chi connectivity index (χ2v) is 5.22. The summed E-state index contributed by atoms with van der Waals surface area (Å²) in [5.41, 5.74) is -0.199. The van der Waals surface area contributed by atoms with Crippen molar-refractivity contribution in [1.82, 2.24) is 4.90 Å². The number of nitrogens with zero attached hydrogens (tertiary/aromatic N) is 2. The molecule has 0 bridgehead atoms. The Hall–Kier alpha value is -3.23. The topological polar surface area (TPSA) is 138 Å². The number of amides is 1. The van der Waals surface area contributed by atoms with E-state index in [4.69, 9.17) is 5.11 Å². The van der Waals surface area contributed by atoms with Crippen LogP contribution in [-0.4, -0.2) is 44.2 Å². The lowest BCUT2D eigenvalue weighted by atomic mass is 9.96. The van der Waals surface area contributed by atoms with Crippen LogP contribution in [0.1, 0.15) is 24.9 Å². The van der Waals surface area contributed by atoms with Crippen LogP contribution in [0.15, 0.2) is 35.6 Å². The van der Waals surface area contributed by atoms with Gasteiger partial charge in [0.1, 0.15) is 0 Å². The van der Waals surface area contributed by atoms with Gasteiger partial charge in [-0.1, -0.05) is 12.1 Å². The molecule has 126 valence electrons. The van der Waals surface area contributed by atoms with E-state index >= 15 is 0 Å². The van der Waals surface area contributed by atoms with Crippen LogP contribution in [0.25, 0.3) is 0 Å². The van der Waals surface area contributed by atoms with Crippen LogP contribution < -0.4 is 0 Å². The van der Waals surface area contributed by atoms with Gasteiger partial charge in [0.2, 0.25) is 0 Å². The first kappa shape index (κ1) is 17.1. The van der Waals surface area contributed by atoms with E-state index in [0.29, 0.717) is 0 Å². The molecular weight excluding hydrogens is 320 g/mol. The van der Waals surface area contributed by atoms with E-state index in [2.05, 4.69) is 0 Å². The van der Waals surface area contributed by atoms with Gasteiger partial charge in [0, 0.05) is 18.7 Å². The van der Waals surface area contributed by atoms with Gasteiger partial charge in [0.15, 0.2) is 11.5 Å². The third-order valence-electron chi connectivity index (χ3n) is 3.65. The number of carbonyl (C=O) groups excluding carboxylic acids is 2. The van der Waals surface area contributed by atoms with Gasteiger partial charge in [0.25, 0.3) is 11.6 Å². The van der Waals surface area contributed by atoms with Crippen LogP contribution >= 0.6 is 0 Å². The maximum absolute atomic E-state index is 12.2. The number of carboxylic acid groups (broad SMARTS) is 1. The first-order valence-corrected chi connectivity index (χ1v) is 6.95. The number of carboxylic acids is 1. The molecule has 0 saturated carbocycles. The van der Waals surface area contributed by atoms with Crippen LogP contribution in [0.2, 0.25) is 0 Å². The van der Waals surface area contributed by atoms with Crippen molar-refractivity contribution >= 4 is 23.3 Å². The summed E-state index contributed by atoms with van der Waals surface area (Å²) in [5.74, 6) is -3.37. The van der Waals surface area contributed by atoms with E-state index in [-0.39, 0.29) is 23.4 Å². The van der Waals surface area contributed by atoms with Gasteiger partial charge >= 0.3 is 5.97 Å². The van der Waals surface area contributed by atoms with Crippen molar-refractivity contribution in [3.8, 4) is 0 Å². The molecule has 0 aliphatic carbocycles. The Bertz CT molecular complexity index is 769. The number of carbonyl (C=O) groups is 3. The Balaban J connectivity index is 2.52. The van der Waals surface area contributed by atoms with Crippen molar-refractivity contribution in [2.75, 3.05) is 6.54 Å². The van der Waals surface area contributed by atoms with Crippen LogP contribution in [0, 0.1) is 10.1 Å². The third-order valence-corrected chi connectivity index (χ3v) is 3.65. The first-order chi connectivity index (χ1) is 11.2.